The van der Waals surface area contributed by atoms with Crippen molar-refractivity contribution in [2.75, 3.05) is 20.5 Å². The maximum absolute atomic E-state index is 11.8. The van der Waals surface area contributed by atoms with E-state index in [9.17, 15) is 4.79 Å². The van der Waals surface area contributed by atoms with Gasteiger partial charge in [0.15, 0.2) is 11.4 Å². The summed E-state index contributed by atoms with van der Waals surface area (Å²) >= 11 is 4.58. The van der Waals surface area contributed by atoms with E-state index in [0.717, 1.165) is 0 Å². The Morgan fingerprint density at radius 3 is 2.70 bits per heavy atom. The number of nitrogens with zero attached hydrogens (tertiary/aromatic N) is 2. The number of methoxy groups -OCH3 is 2. The van der Waals surface area contributed by atoms with E-state index < -0.39 is 5.97 Å². The third kappa shape index (κ3) is 3.88. The fourth-order valence-electron chi connectivity index (χ4n) is 1.35. The smallest absolute Gasteiger partial charge is 0.340 e. The zero-order valence-electron chi connectivity index (χ0n) is 11.1. The Bertz CT molecular complexity index is 584. The molecule has 0 bridgehead atoms. The Morgan fingerprint density at radius 2 is 2.20 bits per heavy atom. The number of esters is 1. The fourth-order valence-corrected chi connectivity index (χ4v) is 2.20. The Labute approximate surface area is 129 Å². The lowest BCUT2D eigenvalue weighted by atomic mass is 10.1. The van der Waals surface area contributed by atoms with Crippen LogP contribution in [0.15, 0.2) is 21.6 Å². The highest BCUT2D eigenvalue weighted by Gasteiger charge is 2.17. The normalized spacial score (nSPS) is 10.7. The maximum atomic E-state index is 11.8. The second kappa shape index (κ2) is 7.77. The molecule has 0 radical (unpaired) electrons. The lowest BCUT2D eigenvalue weighted by Crippen LogP contribution is -2.13. The molecule has 0 unspecified atom stereocenters. The van der Waals surface area contributed by atoms with Crippen molar-refractivity contribution in [3.05, 3.63) is 22.2 Å². The summed E-state index contributed by atoms with van der Waals surface area (Å²) in [5.41, 5.74) is 0.606. The van der Waals surface area contributed by atoms with Crippen LogP contribution in [0.3, 0.4) is 0 Å². The van der Waals surface area contributed by atoms with Gasteiger partial charge in [0.1, 0.15) is 5.75 Å². The van der Waals surface area contributed by atoms with Gasteiger partial charge in [-0.25, -0.2) is 9.79 Å². The summed E-state index contributed by atoms with van der Waals surface area (Å²) in [5.74, 6) is -0.0454. The van der Waals surface area contributed by atoms with Crippen LogP contribution >= 0.6 is 27.7 Å². The third-order valence-electron chi connectivity index (χ3n) is 2.25. The number of rotatable bonds is 3. The maximum Gasteiger partial charge on any atom is 0.340 e. The minimum atomic E-state index is -0.541. The van der Waals surface area contributed by atoms with Crippen LogP contribution in [0.25, 0.3) is 0 Å². The summed E-state index contributed by atoms with van der Waals surface area (Å²) in [6.07, 6.45) is 3.55. The van der Waals surface area contributed by atoms with E-state index in [1.807, 2.05) is 0 Å². The predicted molar refractivity (Wildman–Crippen MR) is 81.4 cm³/mol. The molecule has 0 atom stereocenters. The Balaban J connectivity index is 3.44. The Morgan fingerprint density at radius 1 is 1.50 bits per heavy atom. The van der Waals surface area contributed by atoms with Crippen LogP contribution in [0.4, 0.5) is 5.69 Å². The number of amidine groups is 1. The molecule has 0 aliphatic rings. The number of aliphatic imine (C=N–C) groups is 1. The molecule has 0 saturated heterocycles. The van der Waals surface area contributed by atoms with Crippen LogP contribution in [-0.4, -0.2) is 31.6 Å². The SMILES string of the molecule is COC(=O)c1cc(OC)cc(Br)c1N=C(NC#N)SC. The van der Waals surface area contributed by atoms with Crippen molar-refractivity contribution in [1.29, 1.82) is 5.26 Å². The number of thioether (sulfide) groups is 1. The van der Waals surface area contributed by atoms with Crippen molar-refractivity contribution in [2.24, 2.45) is 4.99 Å². The topological polar surface area (TPSA) is 83.7 Å². The van der Waals surface area contributed by atoms with Crippen LogP contribution < -0.4 is 10.1 Å². The van der Waals surface area contributed by atoms with Crippen molar-refractivity contribution in [3.63, 3.8) is 0 Å². The van der Waals surface area contributed by atoms with Gasteiger partial charge in [-0.05, 0) is 34.3 Å². The standard InChI is InChI=1S/C12H12BrN3O3S/c1-18-7-4-8(11(17)19-2)10(9(13)5-7)16-12(20-3)15-6-14/h4-5H,1-3H3,(H,15,16). The van der Waals surface area contributed by atoms with Crippen molar-refractivity contribution in [3.8, 4) is 11.9 Å². The summed E-state index contributed by atoms with van der Waals surface area (Å²) in [7, 11) is 2.78. The molecule has 0 amide bonds. The first-order valence-corrected chi connectivity index (χ1v) is 7.32. The first kappa shape index (κ1) is 16.3. The van der Waals surface area contributed by atoms with Gasteiger partial charge in [-0.15, -0.1) is 0 Å². The zero-order valence-corrected chi connectivity index (χ0v) is 13.5. The summed E-state index contributed by atoms with van der Waals surface area (Å²) in [5, 5.41) is 11.4. The molecule has 0 saturated carbocycles. The number of hydrogen-bond acceptors (Lipinski definition) is 6. The van der Waals surface area contributed by atoms with Crippen LogP contribution in [0.2, 0.25) is 0 Å². The third-order valence-corrected chi connectivity index (χ3v) is 3.43. The minimum Gasteiger partial charge on any atom is -0.497 e. The minimum absolute atomic E-state index is 0.241. The molecule has 106 valence electrons. The average Bonchev–Trinajstić information content (AvgIpc) is 2.47. The molecule has 0 aromatic heterocycles. The fraction of sp³-hybridized carbons (Fsp3) is 0.250. The highest BCUT2D eigenvalue weighted by atomic mass is 79.9. The first-order chi connectivity index (χ1) is 9.57. The van der Waals surface area contributed by atoms with Crippen molar-refractivity contribution in [1.82, 2.24) is 5.32 Å². The molecule has 0 spiro atoms. The lowest BCUT2D eigenvalue weighted by Gasteiger charge is -2.10. The number of carbonyl (C=O) groups is 1. The molecule has 0 aliphatic heterocycles. The first-order valence-electron chi connectivity index (χ1n) is 5.31. The molecule has 0 fully saturated rings. The number of nitriles is 1. The van der Waals surface area contributed by atoms with E-state index in [1.54, 1.807) is 18.5 Å². The molecule has 8 heteroatoms. The van der Waals surface area contributed by atoms with Crippen LogP contribution in [0, 0.1) is 11.5 Å². The Hall–Kier alpha value is -1.72. The van der Waals surface area contributed by atoms with E-state index in [4.69, 9.17) is 14.7 Å². The number of halogens is 1. The van der Waals surface area contributed by atoms with E-state index in [-0.39, 0.29) is 5.56 Å². The molecular weight excluding hydrogens is 346 g/mol. The Kier molecular flexibility index (Phi) is 6.35. The number of carbonyl (C=O) groups excluding carboxylic acids is 1. The largest absolute Gasteiger partial charge is 0.497 e. The zero-order chi connectivity index (χ0) is 15.1. The van der Waals surface area contributed by atoms with Gasteiger partial charge in [-0.2, -0.15) is 5.26 Å². The van der Waals surface area contributed by atoms with Gasteiger partial charge in [-0.3, -0.25) is 5.32 Å². The second-order valence-electron chi connectivity index (χ2n) is 3.35. The van der Waals surface area contributed by atoms with E-state index in [1.165, 1.54) is 32.0 Å². The highest BCUT2D eigenvalue weighted by molar-refractivity contribution is 9.10. The van der Waals surface area contributed by atoms with Gasteiger partial charge in [0, 0.05) is 4.47 Å². The van der Waals surface area contributed by atoms with Gasteiger partial charge < -0.3 is 9.47 Å². The molecule has 1 N–H and O–H groups in total. The van der Waals surface area contributed by atoms with Crippen molar-refractivity contribution >= 4 is 44.5 Å². The molecule has 0 heterocycles. The number of hydrogen-bond donors (Lipinski definition) is 1. The molecule has 1 rings (SSSR count). The van der Waals surface area contributed by atoms with Crippen molar-refractivity contribution in [2.45, 2.75) is 0 Å². The molecule has 20 heavy (non-hydrogen) atoms. The van der Waals surface area contributed by atoms with Crippen LogP contribution in [0.1, 0.15) is 10.4 Å². The lowest BCUT2D eigenvalue weighted by molar-refractivity contribution is 0.0601. The molecule has 1 aromatic carbocycles. The van der Waals surface area contributed by atoms with E-state index >= 15 is 0 Å². The second-order valence-corrected chi connectivity index (χ2v) is 5.00. The van der Waals surface area contributed by atoms with Crippen LogP contribution in [-0.2, 0) is 4.74 Å². The number of nitrogens with one attached hydrogen (secondary N) is 1. The average molecular weight is 358 g/mol. The molecule has 6 nitrogen and oxygen atoms in total. The number of ether oxygens (including phenoxy) is 2. The monoisotopic (exact) mass is 357 g/mol. The van der Waals surface area contributed by atoms with Gasteiger partial charge in [0.2, 0.25) is 0 Å². The summed E-state index contributed by atoms with van der Waals surface area (Å²) in [6, 6.07) is 3.20. The summed E-state index contributed by atoms with van der Waals surface area (Å²) in [6.45, 7) is 0. The van der Waals surface area contributed by atoms with Gasteiger partial charge in [0.05, 0.1) is 25.5 Å². The number of benzene rings is 1. The van der Waals surface area contributed by atoms with Gasteiger partial charge >= 0.3 is 5.97 Å². The summed E-state index contributed by atoms with van der Waals surface area (Å²) < 4.78 is 10.4. The van der Waals surface area contributed by atoms with E-state index in [2.05, 4.69) is 26.2 Å². The summed E-state index contributed by atoms with van der Waals surface area (Å²) in [4.78, 5) is 16.1. The predicted octanol–water partition coefficient (Wildman–Crippen LogP) is 2.67. The molecular formula is C12H12BrN3O3S. The molecule has 1 aromatic rings. The van der Waals surface area contributed by atoms with Crippen molar-refractivity contribution < 1.29 is 14.3 Å². The van der Waals surface area contributed by atoms with E-state index in [0.29, 0.717) is 21.1 Å². The van der Waals surface area contributed by atoms with Crippen LogP contribution in [0.5, 0.6) is 5.75 Å². The molecule has 0 aliphatic carbocycles. The van der Waals surface area contributed by atoms with Gasteiger partial charge in [0.25, 0.3) is 0 Å². The van der Waals surface area contributed by atoms with Gasteiger partial charge in [-0.1, -0.05) is 11.8 Å². The highest BCUT2D eigenvalue weighted by Crippen LogP contribution is 2.35. The quantitative estimate of drug-likeness (QED) is 0.294.